The van der Waals surface area contributed by atoms with Gasteiger partial charge in [-0.15, -0.1) is 0 Å². The van der Waals surface area contributed by atoms with Crippen LogP contribution in [0.1, 0.15) is 113 Å². The molecule has 11 nitrogen and oxygen atoms in total. The number of nitrogens with one attached hydrogen (secondary N) is 2. The number of hydrogen-bond donors (Lipinski definition) is 4. The molecule has 2 amide bonds. The molecule has 59 heavy (non-hydrogen) atoms. The molecule has 2 saturated heterocycles. The van der Waals surface area contributed by atoms with E-state index >= 15 is 0 Å². The molecule has 2 fully saturated rings. The highest BCUT2D eigenvalue weighted by Gasteiger charge is 2.39. The maximum absolute atomic E-state index is 13.1. The Morgan fingerprint density at radius 3 is 2.24 bits per heavy atom. The van der Waals surface area contributed by atoms with Gasteiger partial charge in [-0.05, 0) is 99.0 Å². The third-order valence-electron chi connectivity index (χ3n) is 10.8. The molecule has 0 saturated carbocycles. The number of carbonyl (C=O) groups excluding carboxylic acids is 3. The van der Waals surface area contributed by atoms with Gasteiger partial charge in [0.1, 0.15) is 11.6 Å². The van der Waals surface area contributed by atoms with Gasteiger partial charge in [0.15, 0.2) is 6.29 Å². The summed E-state index contributed by atoms with van der Waals surface area (Å²) in [6, 6.07) is 31.1. The predicted molar refractivity (Wildman–Crippen MR) is 230 cm³/mol. The summed E-state index contributed by atoms with van der Waals surface area (Å²) in [6.45, 7) is 7.49. The van der Waals surface area contributed by atoms with Crippen molar-refractivity contribution in [3.8, 4) is 11.1 Å². The fraction of sp³-hybridized carbons (Fsp3) is 0.438. The van der Waals surface area contributed by atoms with Crippen LogP contribution < -0.4 is 16.4 Å². The van der Waals surface area contributed by atoms with E-state index in [0.29, 0.717) is 43.7 Å². The molecule has 2 aliphatic rings. The summed E-state index contributed by atoms with van der Waals surface area (Å²) in [7, 11) is 0. The number of aliphatic hydroxyl groups excluding tert-OH is 1. The van der Waals surface area contributed by atoms with Crippen molar-refractivity contribution in [3.05, 3.63) is 119 Å². The van der Waals surface area contributed by atoms with Crippen LogP contribution in [-0.2, 0) is 41.7 Å². The summed E-state index contributed by atoms with van der Waals surface area (Å²) in [5.41, 5.74) is 12.4. The van der Waals surface area contributed by atoms with E-state index in [1.54, 1.807) is 12.1 Å². The molecule has 4 aromatic carbocycles. The minimum Gasteiger partial charge on any atom is -0.459 e. The molecule has 6 rings (SSSR count). The zero-order valence-electron chi connectivity index (χ0n) is 34.7. The highest BCUT2D eigenvalue weighted by Crippen LogP contribution is 2.39. The maximum atomic E-state index is 13.1. The first-order chi connectivity index (χ1) is 28.4. The number of aliphatic hydroxyl groups is 1. The number of ether oxygens (including phenoxy) is 3. The van der Waals surface area contributed by atoms with Crippen LogP contribution in [0.4, 0.5) is 11.4 Å². The number of hydrogen-bond acceptors (Lipinski definition) is 9. The quantitative estimate of drug-likeness (QED) is 0.0469. The number of anilines is 2. The Morgan fingerprint density at radius 1 is 0.814 bits per heavy atom. The molecule has 11 heteroatoms. The van der Waals surface area contributed by atoms with E-state index in [1.165, 1.54) is 0 Å². The topological polar surface area (TPSA) is 152 Å². The lowest BCUT2D eigenvalue weighted by molar-refractivity contribution is -0.253. The molecule has 0 aromatic heterocycles. The Morgan fingerprint density at radius 2 is 1.53 bits per heavy atom. The molecule has 5 N–H and O–H groups in total. The van der Waals surface area contributed by atoms with Crippen LogP contribution in [0.5, 0.6) is 0 Å². The fourth-order valence-electron chi connectivity index (χ4n) is 7.71. The molecule has 4 aromatic rings. The van der Waals surface area contributed by atoms with Crippen LogP contribution >= 0.6 is 0 Å². The SMILES string of the molecule is CC(C)(C)OC(=O)[C@@H]1CCCN1C[C@@H]1C[C@H](c2ccc(CO)cc2)O[C@H](c2ccc(-c3cccc(CNC(=O)CCCCCCC(=O)Nc4ccccc4N)c3)cc2)O1. The molecule has 0 aliphatic carbocycles. The summed E-state index contributed by atoms with van der Waals surface area (Å²) >= 11 is 0. The van der Waals surface area contributed by atoms with Gasteiger partial charge in [0.2, 0.25) is 11.8 Å². The molecule has 4 atom stereocenters. The van der Waals surface area contributed by atoms with Crippen LogP contribution in [0.25, 0.3) is 11.1 Å². The Labute approximate surface area is 348 Å². The van der Waals surface area contributed by atoms with E-state index in [2.05, 4.69) is 39.8 Å². The minimum absolute atomic E-state index is 0.00979. The average molecular weight is 805 g/mol. The number of carbonyl (C=O) groups is 3. The summed E-state index contributed by atoms with van der Waals surface area (Å²) in [6.07, 6.45) is 5.41. The van der Waals surface area contributed by atoms with E-state index in [4.69, 9.17) is 19.9 Å². The Hall–Kier alpha value is -5.07. The zero-order chi connectivity index (χ0) is 41.8. The number of benzene rings is 4. The van der Waals surface area contributed by atoms with E-state index in [1.807, 2.05) is 81.4 Å². The van der Waals surface area contributed by atoms with Crippen molar-refractivity contribution >= 4 is 29.2 Å². The predicted octanol–water partition coefficient (Wildman–Crippen LogP) is 8.38. The van der Waals surface area contributed by atoms with Gasteiger partial charge in [-0.3, -0.25) is 19.3 Å². The monoisotopic (exact) mass is 804 g/mol. The van der Waals surface area contributed by atoms with Crippen LogP contribution in [0.15, 0.2) is 97.1 Å². The number of para-hydroxylation sites is 2. The molecule has 0 radical (unpaired) electrons. The van der Waals surface area contributed by atoms with Gasteiger partial charge in [-0.25, -0.2) is 0 Å². The number of nitrogen functional groups attached to an aromatic ring is 1. The van der Waals surface area contributed by atoms with Crippen LogP contribution in [0.3, 0.4) is 0 Å². The summed E-state index contributed by atoms with van der Waals surface area (Å²) in [5.74, 6) is -0.231. The van der Waals surface area contributed by atoms with Crippen molar-refractivity contribution in [1.82, 2.24) is 10.2 Å². The lowest BCUT2D eigenvalue weighted by Crippen LogP contribution is -2.45. The first-order valence-corrected chi connectivity index (χ1v) is 21.0. The second-order valence-electron chi connectivity index (χ2n) is 16.7. The minimum atomic E-state index is -0.617. The van der Waals surface area contributed by atoms with Gasteiger partial charge in [0, 0.05) is 37.9 Å². The van der Waals surface area contributed by atoms with Gasteiger partial charge in [0.05, 0.1) is 30.2 Å². The van der Waals surface area contributed by atoms with E-state index < -0.39 is 11.9 Å². The van der Waals surface area contributed by atoms with Crippen LogP contribution in [0, 0.1) is 0 Å². The molecule has 0 bridgehead atoms. The molecular formula is C48H60N4O7. The second kappa shape index (κ2) is 20.8. The number of nitrogens with zero attached hydrogens (tertiary/aromatic N) is 1. The van der Waals surface area contributed by atoms with Crippen molar-refractivity contribution in [3.63, 3.8) is 0 Å². The highest BCUT2D eigenvalue weighted by molar-refractivity contribution is 5.93. The first kappa shape index (κ1) is 43.5. The highest BCUT2D eigenvalue weighted by atomic mass is 16.7. The van der Waals surface area contributed by atoms with Gasteiger partial charge >= 0.3 is 5.97 Å². The average Bonchev–Trinajstić information content (AvgIpc) is 3.70. The number of esters is 1. The second-order valence-corrected chi connectivity index (χ2v) is 16.7. The number of nitrogens with two attached hydrogens (primary N) is 1. The molecule has 2 aliphatic heterocycles. The fourth-order valence-corrected chi connectivity index (χ4v) is 7.71. The van der Waals surface area contributed by atoms with Gasteiger partial charge < -0.3 is 35.7 Å². The van der Waals surface area contributed by atoms with Gasteiger partial charge in [-0.2, -0.15) is 0 Å². The number of rotatable bonds is 17. The van der Waals surface area contributed by atoms with Crippen molar-refractivity contribution in [2.24, 2.45) is 0 Å². The van der Waals surface area contributed by atoms with Crippen molar-refractivity contribution in [2.45, 2.75) is 122 Å². The molecule has 0 spiro atoms. The third kappa shape index (κ3) is 13.0. The summed E-state index contributed by atoms with van der Waals surface area (Å²) < 4.78 is 19.0. The van der Waals surface area contributed by atoms with Gasteiger partial charge in [0.25, 0.3) is 0 Å². The van der Waals surface area contributed by atoms with E-state index in [0.717, 1.165) is 78.5 Å². The summed E-state index contributed by atoms with van der Waals surface area (Å²) in [5, 5.41) is 15.5. The normalized spacial score (nSPS) is 19.6. The molecular weight excluding hydrogens is 745 g/mol. The molecule has 2 heterocycles. The smallest absolute Gasteiger partial charge is 0.323 e. The van der Waals surface area contributed by atoms with Crippen LogP contribution in [0.2, 0.25) is 0 Å². The first-order valence-electron chi connectivity index (χ1n) is 21.0. The van der Waals surface area contributed by atoms with Crippen molar-refractivity contribution in [1.29, 1.82) is 0 Å². The Balaban J connectivity index is 1.01. The molecule has 314 valence electrons. The Bertz CT molecular complexity index is 2000. The van der Waals surface area contributed by atoms with Crippen molar-refractivity contribution in [2.75, 3.05) is 24.1 Å². The number of amides is 2. The lowest BCUT2D eigenvalue weighted by Gasteiger charge is -2.38. The maximum Gasteiger partial charge on any atom is 0.323 e. The van der Waals surface area contributed by atoms with E-state index in [-0.39, 0.29) is 42.6 Å². The standard InChI is InChI=1S/C48H60N4O7/c1-48(2,3)59-46(56)42-16-11-27-52(42)31-39-29-43(36-21-19-33(32-53)20-22-36)58-47(57-39)37-25-23-35(24-26-37)38-13-10-12-34(28-38)30-50-44(54)17-6-4-5-7-18-45(55)51-41-15-9-8-14-40(41)49/h8-10,12-15,19-26,28,39,42-43,47,53H,4-7,11,16-18,27,29-32,49H2,1-3H3,(H,50,54)(H,51,55)/t39-,42-,43+,47+/m0/s1. The summed E-state index contributed by atoms with van der Waals surface area (Å²) in [4.78, 5) is 40.2. The van der Waals surface area contributed by atoms with Crippen LogP contribution in [-0.4, -0.2) is 58.6 Å². The Kier molecular flexibility index (Phi) is 15.3. The van der Waals surface area contributed by atoms with Gasteiger partial charge in [-0.1, -0.05) is 91.7 Å². The number of unbranched alkanes of at least 4 members (excludes halogenated alkanes) is 3. The largest absolute Gasteiger partial charge is 0.459 e. The third-order valence-corrected chi connectivity index (χ3v) is 10.8. The zero-order valence-corrected chi connectivity index (χ0v) is 34.7. The van der Waals surface area contributed by atoms with Crippen molar-refractivity contribution < 1.29 is 33.7 Å². The number of likely N-dealkylation sites (tertiary alicyclic amines) is 1. The lowest BCUT2D eigenvalue weighted by atomic mass is 9.98. The van der Waals surface area contributed by atoms with E-state index in [9.17, 15) is 19.5 Å². The molecule has 0 unspecified atom stereocenters.